The lowest BCUT2D eigenvalue weighted by atomic mass is 9.88. The van der Waals surface area contributed by atoms with Crippen molar-refractivity contribution in [2.45, 2.75) is 58.5 Å². The smallest absolute Gasteiger partial charge is 0.325 e. The summed E-state index contributed by atoms with van der Waals surface area (Å²) in [5.74, 6) is -0.584. The van der Waals surface area contributed by atoms with Gasteiger partial charge in [0.05, 0.1) is 5.54 Å². The molecule has 7 nitrogen and oxygen atoms in total. The summed E-state index contributed by atoms with van der Waals surface area (Å²) in [6, 6.07) is -0.511. The summed E-state index contributed by atoms with van der Waals surface area (Å²) in [7, 11) is 0. The van der Waals surface area contributed by atoms with Crippen LogP contribution in [0.15, 0.2) is 0 Å². The molecule has 1 aliphatic heterocycles. The summed E-state index contributed by atoms with van der Waals surface area (Å²) in [5, 5.41) is 5.54. The zero-order chi connectivity index (χ0) is 17.1. The Morgan fingerprint density at radius 2 is 1.91 bits per heavy atom. The third-order valence-corrected chi connectivity index (χ3v) is 4.88. The number of rotatable bonds is 7. The Hall–Kier alpha value is -1.63. The highest BCUT2D eigenvalue weighted by Crippen LogP contribution is 2.24. The molecule has 0 radical (unpaired) electrons. The molecule has 1 heterocycles. The van der Waals surface area contributed by atoms with Crippen molar-refractivity contribution in [1.82, 2.24) is 15.5 Å². The number of imide groups is 1. The van der Waals surface area contributed by atoms with Crippen LogP contribution >= 0.6 is 0 Å². The van der Waals surface area contributed by atoms with E-state index in [0.29, 0.717) is 12.8 Å². The summed E-state index contributed by atoms with van der Waals surface area (Å²) in [5.41, 5.74) is 4.28. The van der Waals surface area contributed by atoms with Gasteiger partial charge >= 0.3 is 6.03 Å². The molecule has 4 N–H and O–H groups in total. The summed E-state index contributed by atoms with van der Waals surface area (Å²) in [6.45, 7) is 9.45. The molecule has 0 bridgehead atoms. The largest absolute Gasteiger partial charge is 0.348 e. The SMILES string of the molecule is CCC1(CC)NC(=O)N(CC(=O)NC(C)(CN)C(C)C)C1=O. The minimum atomic E-state index is -0.882. The van der Waals surface area contributed by atoms with Crippen LogP contribution in [0, 0.1) is 5.92 Å². The average Bonchev–Trinajstić information content (AvgIpc) is 2.71. The highest BCUT2D eigenvalue weighted by atomic mass is 16.2. The van der Waals surface area contributed by atoms with Crippen LogP contribution in [0.1, 0.15) is 47.5 Å². The predicted octanol–water partition coefficient (Wildman–Crippen LogP) is 0.587. The van der Waals surface area contributed by atoms with E-state index in [2.05, 4.69) is 10.6 Å². The quantitative estimate of drug-likeness (QED) is 0.598. The number of hydrogen-bond acceptors (Lipinski definition) is 4. The van der Waals surface area contributed by atoms with Gasteiger partial charge in [-0.1, -0.05) is 27.7 Å². The fraction of sp³-hybridized carbons (Fsp3) is 0.800. The van der Waals surface area contributed by atoms with E-state index in [0.717, 1.165) is 4.90 Å². The van der Waals surface area contributed by atoms with Gasteiger partial charge in [0.25, 0.3) is 5.91 Å². The Bertz CT molecular complexity index is 460. The Morgan fingerprint density at radius 3 is 2.27 bits per heavy atom. The molecule has 1 fully saturated rings. The lowest BCUT2D eigenvalue weighted by molar-refractivity contribution is -0.135. The fourth-order valence-corrected chi connectivity index (χ4v) is 2.48. The number of carbonyl (C=O) groups excluding carboxylic acids is 3. The first-order valence-corrected chi connectivity index (χ1v) is 7.81. The average molecular weight is 312 g/mol. The van der Waals surface area contributed by atoms with Gasteiger partial charge < -0.3 is 16.4 Å². The number of nitrogens with two attached hydrogens (primary N) is 1. The molecule has 1 unspecified atom stereocenters. The van der Waals surface area contributed by atoms with E-state index in [1.54, 1.807) is 0 Å². The van der Waals surface area contributed by atoms with E-state index in [4.69, 9.17) is 5.73 Å². The summed E-state index contributed by atoms with van der Waals surface area (Å²) in [4.78, 5) is 37.7. The maximum absolute atomic E-state index is 12.4. The van der Waals surface area contributed by atoms with E-state index in [1.807, 2.05) is 34.6 Å². The molecule has 0 aromatic rings. The van der Waals surface area contributed by atoms with E-state index >= 15 is 0 Å². The van der Waals surface area contributed by atoms with E-state index in [9.17, 15) is 14.4 Å². The molecule has 7 heteroatoms. The second-order valence-corrected chi connectivity index (χ2v) is 6.44. The van der Waals surface area contributed by atoms with Gasteiger partial charge in [0.1, 0.15) is 12.1 Å². The zero-order valence-electron chi connectivity index (χ0n) is 14.2. The molecule has 0 saturated carbocycles. The normalized spacial score (nSPS) is 20.0. The van der Waals surface area contributed by atoms with Crippen molar-refractivity contribution in [3.05, 3.63) is 0 Å². The van der Waals surface area contributed by atoms with E-state index in [1.165, 1.54) is 0 Å². The highest BCUT2D eigenvalue weighted by molar-refractivity contribution is 6.09. The first kappa shape index (κ1) is 18.4. The number of hydrogen-bond donors (Lipinski definition) is 3. The molecule has 126 valence electrons. The van der Waals surface area contributed by atoms with Crippen LogP contribution in [0.4, 0.5) is 4.79 Å². The second-order valence-electron chi connectivity index (χ2n) is 6.44. The van der Waals surface area contributed by atoms with Crippen molar-refractivity contribution in [3.8, 4) is 0 Å². The third kappa shape index (κ3) is 3.24. The molecular weight excluding hydrogens is 284 g/mol. The lowest BCUT2D eigenvalue weighted by Gasteiger charge is -2.34. The van der Waals surface area contributed by atoms with Gasteiger partial charge in [0.15, 0.2) is 0 Å². The maximum atomic E-state index is 12.4. The number of nitrogens with one attached hydrogen (secondary N) is 2. The minimum absolute atomic E-state index is 0.134. The summed E-state index contributed by atoms with van der Waals surface area (Å²) in [6.07, 6.45) is 0.997. The minimum Gasteiger partial charge on any atom is -0.348 e. The van der Waals surface area contributed by atoms with Crippen molar-refractivity contribution in [1.29, 1.82) is 0 Å². The third-order valence-electron chi connectivity index (χ3n) is 4.88. The van der Waals surface area contributed by atoms with Gasteiger partial charge in [-0.2, -0.15) is 0 Å². The van der Waals surface area contributed by atoms with Gasteiger partial charge in [-0.15, -0.1) is 0 Å². The van der Waals surface area contributed by atoms with Crippen molar-refractivity contribution >= 4 is 17.8 Å². The Labute approximate surface area is 132 Å². The molecule has 1 saturated heterocycles. The number of carbonyl (C=O) groups is 3. The van der Waals surface area contributed by atoms with Gasteiger partial charge in [0.2, 0.25) is 5.91 Å². The highest BCUT2D eigenvalue weighted by Gasteiger charge is 2.49. The van der Waals surface area contributed by atoms with Crippen LogP contribution in [0.3, 0.4) is 0 Å². The first-order chi connectivity index (χ1) is 10.2. The summed E-state index contributed by atoms with van der Waals surface area (Å²) >= 11 is 0. The van der Waals surface area contributed by atoms with Crippen LogP contribution in [-0.2, 0) is 9.59 Å². The monoisotopic (exact) mass is 312 g/mol. The van der Waals surface area contributed by atoms with Gasteiger partial charge in [0, 0.05) is 6.54 Å². The molecule has 1 rings (SSSR count). The standard InChI is InChI=1S/C15H28N4O3/c1-6-15(7-2)12(21)19(13(22)18-15)8-11(20)17-14(5,9-16)10(3)4/h10H,6-9,16H2,1-5H3,(H,17,20)(H,18,22). The number of nitrogens with zero attached hydrogens (tertiary/aromatic N) is 1. The van der Waals surface area contributed by atoms with Gasteiger partial charge in [-0.3, -0.25) is 14.5 Å². The van der Waals surface area contributed by atoms with Crippen LogP contribution in [0.25, 0.3) is 0 Å². The Kier molecular flexibility index (Phi) is 5.56. The van der Waals surface area contributed by atoms with Crippen molar-refractivity contribution in [2.24, 2.45) is 11.7 Å². The van der Waals surface area contributed by atoms with Crippen LogP contribution in [0.5, 0.6) is 0 Å². The van der Waals surface area contributed by atoms with Crippen molar-refractivity contribution < 1.29 is 14.4 Å². The second kappa shape index (κ2) is 6.64. The molecule has 4 amide bonds. The Morgan fingerprint density at radius 1 is 1.36 bits per heavy atom. The predicted molar refractivity (Wildman–Crippen MR) is 84.0 cm³/mol. The zero-order valence-corrected chi connectivity index (χ0v) is 14.2. The topological polar surface area (TPSA) is 105 Å². The van der Waals surface area contributed by atoms with Crippen LogP contribution < -0.4 is 16.4 Å². The summed E-state index contributed by atoms with van der Waals surface area (Å²) < 4.78 is 0. The molecule has 0 aromatic heterocycles. The molecular formula is C15H28N4O3. The number of urea groups is 1. The van der Waals surface area contributed by atoms with E-state index < -0.39 is 17.1 Å². The van der Waals surface area contributed by atoms with Crippen molar-refractivity contribution in [2.75, 3.05) is 13.1 Å². The molecule has 0 spiro atoms. The fourth-order valence-electron chi connectivity index (χ4n) is 2.48. The van der Waals surface area contributed by atoms with Crippen LogP contribution in [-0.4, -0.2) is 46.9 Å². The van der Waals surface area contributed by atoms with Crippen molar-refractivity contribution in [3.63, 3.8) is 0 Å². The lowest BCUT2D eigenvalue weighted by Crippen LogP contribution is -2.57. The van der Waals surface area contributed by atoms with Gasteiger partial charge in [-0.25, -0.2) is 4.79 Å². The Balaban J connectivity index is 2.81. The van der Waals surface area contributed by atoms with Gasteiger partial charge in [-0.05, 0) is 25.7 Å². The molecule has 1 aliphatic rings. The molecule has 0 aromatic carbocycles. The molecule has 1 atom stereocenters. The number of amides is 4. The molecule has 22 heavy (non-hydrogen) atoms. The van der Waals surface area contributed by atoms with Crippen LogP contribution in [0.2, 0.25) is 0 Å². The molecule has 0 aliphatic carbocycles. The maximum Gasteiger partial charge on any atom is 0.325 e. The van der Waals surface area contributed by atoms with E-state index in [-0.39, 0.29) is 30.8 Å². The first-order valence-electron chi connectivity index (χ1n) is 7.81.